The molecule has 0 aliphatic rings. The molecule has 58 heavy (non-hydrogen) atoms. The number of allylic oxidation sites excluding steroid dienone is 4. The summed E-state index contributed by atoms with van der Waals surface area (Å²) in [6, 6.07) is 0. The van der Waals surface area contributed by atoms with Crippen LogP contribution in [-0.4, -0.2) is 49.3 Å². The number of hydrogen-bond acceptors (Lipinski definition) is 8. The average Bonchev–Trinajstić information content (AvgIpc) is 3.21. The van der Waals surface area contributed by atoms with Crippen LogP contribution in [0.3, 0.4) is 0 Å². The second-order valence-corrected chi connectivity index (χ2v) is 17.8. The van der Waals surface area contributed by atoms with Crippen molar-refractivity contribution in [2.75, 3.05) is 26.4 Å². The number of esters is 2. The summed E-state index contributed by atoms with van der Waals surface area (Å²) < 4.78 is 32.8. The average molecular weight is 842 g/mol. The molecule has 0 fully saturated rings. The first-order valence-electron chi connectivity index (χ1n) is 24.3. The SMILES string of the molecule is CCCCCCC/C=C\C/C=C\CCCCCCCCCCCCCCCC(=O)OC(COC(=O)CCCCCCCCCCCCCC)COP(=O)(O)OCCN. The molecule has 0 rings (SSSR count). The van der Waals surface area contributed by atoms with E-state index in [1.807, 2.05) is 0 Å². The Hall–Kier alpha value is -1.51. The molecule has 0 saturated carbocycles. The Kier molecular flexibility index (Phi) is 43.9. The van der Waals surface area contributed by atoms with E-state index in [9.17, 15) is 19.0 Å². The minimum absolute atomic E-state index is 0.0554. The van der Waals surface area contributed by atoms with Crippen LogP contribution >= 0.6 is 7.82 Å². The van der Waals surface area contributed by atoms with Crippen LogP contribution < -0.4 is 5.73 Å². The van der Waals surface area contributed by atoms with Crippen molar-refractivity contribution in [3.8, 4) is 0 Å². The van der Waals surface area contributed by atoms with E-state index in [2.05, 4.69) is 38.2 Å². The summed E-state index contributed by atoms with van der Waals surface area (Å²) >= 11 is 0. The maximum atomic E-state index is 12.6. The molecule has 0 radical (unpaired) electrons. The van der Waals surface area contributed by atoms with Crippen molar-refractivity contribution >= 4 is 19.8 Å². The molecular formula is C48H92NO8P. The number of hydrogen-bond donors (Lipinski definition) is 2. The zero-order valence-corrected chi connectivity index (χ0v) is 38.7. The smallest absolute Gasteiger partial charge is 0.462 e. The van der Waals surface area contributed by atoms with E-state index in [1.165, 1.54) is 161 Å². The highest BCUT2D eigenvalue weighted by Crippen LogP contribution is 2.43. The van der Waals surface area contributed by atoms with Crippen LogP contribution in [0, 0.1) is 0 Å². The molecule has 0 aromatic rings. The Labute approximate surface area is 357 Å². The van der Waals surface area contributed by atoms with Gasteiger partial charge in [0.15, 0.2) is 6.10 Å². The molecule has 0 bridgehead atoms. The summed E-state index contributed by atoms with van der Waals surface area (Å²) in [6.45, 7) is 3.75. The Bertz CT molecular complexity index is 1010. The summed E-state index contributed by atoms with van der Waals surface area (Å²) in [6.07, 6.45) is 49.3. The van der Waals surface area contributed by atoms with E-state index in [4.69, 9.17) is 24.3 Å². The number of ether oxygens (including phenoxy) is 2. The summed E-state index contributed by atoms with van der Waals surface area (Å²) in [5, 5.41) is 0. The highest BCUT2D eigenvalue weighted by molar-refractivity contribution is 7.47. The lowest BCUT2D eigenvalue weighted by atomic mass is 10.0. The van der Waals surface area contributed by atoms with Crippen LogP contribution in [0.4, 0.5) is 0 Å². The number of nitrogens with two attached hydrogens (primary N) is 1. The Morgan fingerprint density at radius 3 is 1.31 bits per heavy atom. The molecule has 9 nitrogen and oxygen atoms in total. The molecule has 10 heteroatoms. The third-order valence-electron chi connectivity index (χ3n) is 10.6. The molecule has 0 heterocycles. The third kappa shape index (κ3) is 44.1. The molecule has 0 aromatic carbocycles. The first-order valence-corrected chi connectivity index (χ1v) is 25.8. The monoisotopic (exact) mass is 842 g/mol. The molecule has 0 spiro atoms. The largest absolute Gasteiger partial charge is 0.472 e. The second kappa shape index (κ2) is 45.0. The van der Waals surface area contributed by atoms with Gasteiger partial charge in [0.25, 0.3) is 0 Å². The lowest BCUT2D eigenvalue weighted by Gasteiger charge is -2.19. The van der Waals surface area contributed by atoms with Crippen LogP contribution in [0.15, 0.2) is 24.3 Å². The van der Waals surface area contributed by atoms with Gasteiger partial charge in [0.05, 0.1) is 13.2 Å². The van der Waals surface area contributed by atoms with Crippen LogP contribution in [0.2, 0.25) is 0 Å². The van der Waals surface area contributed by atoms with Crippen molar-refractivity contribution in [2.24, 2.45) is 5.73 Å². The van der Waals surface area contributed by atoms with Gasteiger partial charge in [0.2, 0.25) is 0 Å². The van der Waals surface area contributed by atoms with Gasteiger partial charge in [-0.25, -0.2) is 4.57 Å². The van der Waals surface area contributed by atoms with Crippen molar-refractivity contribution in [2.45, 2.75) is 245 Å². The standard InChI is InChI=1S/C48H92NO8P/c1-3-5-7-9-11-13-15-17-18-19-20-21-22-23-24-25-26-27-28-29-31-33-35-37-39-41-48(51)57-46(45-56-58(52,53)55-43-42-49)44-54-47(50)40-38-36-34-32-30-16-14-12-10-8-6-4-2/h15,17,19-20,46H,3-14,16,18,21-45,49H2,1-2H3,(H,52,53)/b17-15-,20-19-. The second-order valence-electron chi connectivity index (χ2n) is 16.3. The molecule has 0 aromatic heterocycles. The van der Waals surface area contributed by atoms with Gasteiger partial charge < -0.3 is 20.1 Å². The quantitative estimate of drug-likeness (QED) is 0.0266. The molecule has 2 unspecified atom stereocenters. The molecule has 3 N–H and O–H groups in total. The Balaban J connectivity index is 3.98. The fourth-order valence-electron chi connectivity index (χ4n) is 6.96. The van der Waals surface area contributed by atoms with Gasteiger partial charge in [-0.1, -0.05) is 205 Å². The highest BCUT2D eigenvalue weighted by Gasteiger charge is 2.26. The summed E-state index contributed by atoms with van der Waals surface area (Å²) in [5.74, 6) is -0.819. The molecule has 0 aliphatic carbocycles. The number of phosphoric acid groups is 1. The predicted molar refractivity (Wildman–Crippen MR) is 243 cm³/mol. The fourth-order valence-corrected chi connectivity index (χ4v) is 7.73. The van der Waals surface area contributed by atoms with Crippen molar-refractivity contribution in [1.29, 1.82) is 0 Å². The highest BCUT2D eigenvalue weighted by atomic mass is 31.2. The number of carbonyl (C=O) groups is 2. The number of carbonyl (C=O) groups excluding carboxylic acids is 2. The zero-order valence-electron chi connectivity index (χ0n) is 37.8. The first kappa shape index (κ1) is 56.5. The van der Waals surface area contributed by atoms with Crippen molar-refractivity contribution < 1.29 is 37.6 Å². The molecule has 2 atom stereocenters. The summed E-state index contributed by atoms with van der Waals surface area (Å²) in [7, 11) is -4.37. The number of phosphoric ester groups is 1. The van der Waals surface area contributed by atoms with Crippen LogP contribution in [0.5, 0.6) is 0 Å². The minimum Gasteiger partial charge on any atom is -0.462 e. The first-order chi connectivity index (χ1) is 28.3. The fraction of sp³-hybridized carbons (Fsp3) is 0.875. The van der Waals surface area contributed by atoms with Gasteiger partial charge >= 0.3 is 19.8 Å². The topological polar surface area (TPSA) is 134 Å². The normalized spacial score (nSPS) is 13.4. The molecule has 342 valence electrons. The Morgan fingerprint density at radius 1 is 0.517 bits per heavy atom. The summed E-state index contributed by atoms with van der Waals surface area (Å²) in [4.78, 5) is 34.9. The van der Waals surface area contributed by atoms with Crippen LogP contribution in [-0.2, 0) is 32.7 Å². The molecular weight excluding hydrogens is 750 g/mol. The van der Waals surface area contributed by atoms with Gasteiger partial charge in [-0.15, -0.1) is 0 Å². The van der Waals surface area contributed by atoms with E-state index in [0.717, 1.165) is 44.9 Å². The van der Waals surface area contributed by atoms with E-state index in [1.54, 1.807) is 0 Å². The van der Waals surface area contributed by atoms with E-state index in [0.29, 0.717) is 6.42 Å². The Morgan fingerprint density at radius 2 is 0.897 bits per heavy atom. The zero-order chi connectivity index (χ0) is 42.5. The van der Waals surface area contributed by atoms with Crippen LogP contribution in [0.25, 0.3) is 0 Å². The molecule has 0 saturated heterocycles. The minimum atomic E-state index is -4.37. The van der Waals surface area contributed by atoms with Crippen molar-refractivity contribution in [3.05, 3.63) is 24.3 Å². The van der Waals surface area contributed by atoms with Gasteiger partial charge in [-0.2, -0.15) is 0 Å². The van der Waals surface area contributed by atoms with Gasteiger partial charge in [-0.3, -0.25) is 18.6 Å². The molecule has 0 amide bonds. The van der Waals surface area contributed by atoms with Crippen LogP contribution in [0.1, 0.15) is 239 Å². The van der Waals surface area contributed by atoms with E-state index < -0.39 is 26.5 Å². The van der Waals surface area contributed by atoms with Crippen molar-refractivity contribution in [1.82, 2.24) is 0 Å². The predicted octanol–water partition coefficient (Wildman–Crippen LogP) is 14.3. The molecule has 0 aliphatic heterocycles. The van der Waals surface area contributed by atoms with Gasteiger partial charge in [-0.05, 0) is 44.9 Å². The number of unbranched alkanes of at least 4 members (excludes halogenated alkanes) is 29. The van der Waals surface area contributed by atoms with E-state index >= 15 is 0 Å². The lowest BCUT2D eigenvalue weighted by molar-refractivity contribution is -0.161. The lowest BCUT2D eigenvalue weighted by Crippen LogP contribution is -2.29. The number of rotatable bonds is 46. The summed E-state index contributed by atoms with van der Waals surface area (Å²) in [5.41, 5.74) is 5.36. The maximum Gasteiger partial charge on any atom is 0.472 e. The maximum absolute atomic E-state index is 12.6. The van der Waals surface area contributed by atoms with Gasteiger partial charge in [0.1, 0.15) is 6.61 Å². The third-order valence-corrected chi connectivity index (χ3v) is 11.6. The van der Waals surface area contributed by atoms with Crippen molar-refractivity contribution in [3.63, 3.8) is 0 Å². The van der Waals surface area contributed by atoms with E-state index in [-0.39, 0.29) is 38.6 Å². The van der Waals surface area contributed by atoms with Gasteiger partial charge in [0, 0.05) is 19.4 Å².